The highest BCUT2D eigenvalue weighted by Gasteiger charge is 2.23. The fourth-order valence-electron chi connectivity index (χ4n) is 1.52. The number of ether oxygens (including phenoxy) is 1. The summed E-state index contributed by atoms with van der Waals surface area (Å²) in [5.74, 6) is -2.30. The number of aliphatic hydroxyl groups excluding tert-OH is 1. The highest BCUT2D eigenvalue weighted by atomic mass is 19.1. The number of rotatable bonds is 5. The van der Waals surface area contributed by atoms with Crippen LogP contribution < -0.4 is 4.74 Å². The van der Waals surface area contributed by atoms with Crippen molar-refractivity contribution in [2.45, 2.75) is 12.3 Å². The number of carbonyl (C=O) groups is 1. The van der Waals surface area contributed by atoms with Crippen molar-refractivity contribution in [3.63, 3.8) is 0 Å². The molecular formula is C11H13FO4. The van der Waals surface area contributed by atoms with Gasteiger partial charge < -0.3 is 14.9 Å². The van der Waals surface area contributed by atoms with Gasteiger partial charge in [0.25, 0.3) is 0 Å². The van der Waals surface area contributed by atoms with E-state index in [0.717, 1.165) is 6.07 Å². The summed E-state index contributed by atoms with van der Waals surface area (Å²) < 4.78 is 18.0. The third kappa shape index (κ3) is 2.70. The molecule has 2 N–H and O–H groups in total. The van der Waals surface area contributed by atoms with Crippen molar-refractivity contribution >= 4 is 5.97 Å². The first kappa shape index (κ1) is 12.4. The third-order valence-electron chi connectivity index (χ3n) is 2.28. The minimum atomic E-state index is -1.11. The molecule has 4 nitrogen and oxygen atoms in total. The van der Waals surface area contributed by atoms with Crippen LogP contribution in [0.5, 0.6) is 5.75 Å². The Bertz CT molecular complexity index is 378. The predicted octanol–water partition coefficient (Wildman–Crippen LogP) is 1.38. The number of benzene rings is 1. The van der Waals surface area contributed by atoms with E-state index in [1.807, 2.05) is 0 Å². The minimum absolute atomic E-state index is 0.0230. The van der Waals surface area contributed by atoms with Crippen LogP contribution >= 0.6 is 0 Å². The Morgan fingerprint density at radius 1 is 1.56 bits per heavy atom. The summed E-state index contributed by atoms with van der Waals surface area (Å²) in [7, 11) is 1.38. The van der Waals surface area contributed by atoms with Gasteiger partial charge in [-0.15, -0.1) is 0 Å². The molecule has 0 saturated carbocycles. The lowest BCUT2D eigenvalue weighted by Crippen LogP contribution is -2.14. The first-order valence-electron chi connectivity index (χ1n) is 4.77. The van der Waals surface area contributed by atoms with Crippen LogP contribution in [0.15, 0.2) is 18.2 Å². The number of aliphatic hydroxyl groups is 1. The Balaban J connectivity index is 3.15. The van der Waals surface area contributed by atoms with Crippen molar-refractivity contribution < 1.29 is 24.1 Å². The number of carboxylic acids is 1. The topological polar surface area (TPSA) is 66.8 Å². The number of methoxy groups -OCH3 is 1. The molecule has 0 radical (unpaired) electrons. The van der Waals surface area contributed by atoms with Gasteiger partial charge in [0, 0.05) is 12.2 Å². The van der Waals surface area contributed by atoms with Gasteiger partial charge in [0.1, 0.15) is 11.6 Å². The quantitative estimate of drug-likeness (QED) is 0.799. The van der Waals surface area contributed by atoms with E-state index in [-0.39, 0.29) is 18.6 Å². The first-order valence-corrected chi connectivity index (χ1v) is 4.77. The summed E-state index contributed by atoms with van der Waals surface area (Å²) in [6, 6.07) is 3.69. The fourth-order valence-corrected chi connectivity index (χ4v) is 1.52. The number of halogens is 1. The van der Waals surface area contributed by atoms with E-state index in [0.29, 0.717) is 5.75 Å². The normalized spacial score (nSPS) is 12.2. The Hall–Kier alpha value is -1.62. The van der Waals surface area contributed by atoms with Crippen LogP contribution in [0.1, 0.15) is 17.9 Å². The van der Waals surface area contributed by atoms with Crippen LogP contribution in [0.25, 0.3) is 0 Å². The average molecular weight is 228 g/mol. The lowest BCUT2D eigenvalue weighted by molar-refractivity contribution is -0.139. The molecule has 0 bridgehead atoms. The molecule has 16 heavy (non-hydrogen) atoms. The van der Waals surface area contributed by atoms with Crippen molar-refractivity contribution in [2.75, 3.05) is 13.7 Å². The molecular weight excluding hydrogens is 215 g/mol. The van der Waals surface area contributed by atoms with E-state index in [2.05, 4.69) is 0 Å². The summed E-state index contributed by atoms with van der Waals surface area (Å²) in [6.07, 6.45) is 0.0230. The molecule has 0 aliphatic carbocycles. The molecule has 1 aromatic rings. The number of aliphatic carboxylic acids is 1. The molecule has 0 aliphatic rings. The molecule has 1 aromatic carbocycles. The second-order valence-corrected chi connectivity index (χ2v) is 3.29. The van der Waals surface area contributed by atoms with Gasteiger partial charge in [0.15, 0.2) is 0 Å². The van der Waals surface area contributed by atoms with Gasteiger partial charge in [-0.25, -0.2) is 4.39 Å². The smallest absolute Gasteiger partial charge is 0.311 e. The molecule has 1 atom stereocenters. The van der Waals surface area contributed by atoms with Crippen molar-refractivity contribution in [1.29, 1.82) is 0 Å². The molecule has 0 fully saturated rings. The van der Waals surface area contributed by atoms with Gasteiger partial charge in [-0.1, -0.05) is 0 Å². The van der Waals surface area contributed by atoms with E-state index >= 15 is 0 Å². The van der Waals surface area contributed by atoms with Gasteiger partial charge in [-0.05, 0) is 24.6 Å². The molecule has 0 aliphatic heterocycles. The first-order chi connectivity index (χ1) is 7.60. The van der Waals surface area contributed by atoms with Gasteiger partial charge >= 0.3 is 5.97 Å². The molecule has 5 heteroatoms. The lowest BCUT2D eigenvalue weighted by atomic mass is 9.95. The monoisotopic (exact) mass is 228 g/mol. The van der Waals surface area contributed by atoms with Crippen LogP contribution in [0, 0.1) is 5.82 Å². The van der Waals surface area contributed by atoms with Crippen molar-refractivity contribution in [3.05, 3.63) is 29.6 Å². The summed E-state index contributed by atoms with van der Waals surface area (Å²) in [4.78, 5) is 11.0. The molecule has 0 spiro atoms. The van der Waals surface area contributed by atoms with Gasteiger partial charge in [-0.2, -0.15) is 0 Å². The van der Waals surface area contributed by atoms with Crippen LogP contribution in [-0.2, 0) is 4.79 Å². The summed E-state index contributed by atoms with van der Waals surface area (Å²) in [6.45, 7) is -0.281. The van der Waals surface area contributed by atoms with E-state index in [1.165, 1.54) is 19.2 Å². The molecule has 88 valence electrons. The molecule has 0 aromatic heterocycles. The molecule has 0 saturated heterocycles. The number of hydrogen-bond donors (Lipinski definition) is 2. The van der Waals surface area contributed by atoms with E-state index < -0.39 is 17.7 Å². The van der Waals surface area contributed by atoms with Crippen LogP contribution in [0.2, 0.25) is 0 Å². The molecule has 1 rings (SSSR count). The number of hydrogen-bond acceptors (Lipinski definition) is 3. The predicted molar refractivity (Wildman–Crippen MR) is 55.0 cm³/mol. The second-order valence-electron chi connectivity index (χ2n) is 3.29. The van der Waals surface area contributed by atoms with Crippen molar-refractivity contribution in [2.24, 2.45) is 0 Å². The Kier molecular flexibility index (Phi) is 4.25. The Morgan fingerprint density at radius 2 is 2.25 bits per heavy atom. The highest BCUT2D eigenvalue weighted by molar-refractivity contribution is 5.77. The molecule has 0 heterocycles. The molecule has 1 unspecified atom stereocenters. The van der Waals surface area contributed by atoms with Crippen LogP contribution in [0.3, 0.4) is 0 Å². The zero-order valence-corrected chi connectivity index (χ0v) is 8.81. The van der Waals surface area contributed by atoms with E-state index in [4.69, 9.17) is 14.9 Å². The van der Waals surface area contributed by atoms with Crippen molar-refractivity contribution in [1.82, 2.24) is 0 Å². The van der Waals surface area contributed by atoms with Crippen LogP contribution in [0.4, 0.5) is 4.39 Å². The maximum Gasteiger partial charge on any atom is 0.311 e. The zero-order chi connectivity index (χ0) is 12.1. The lowest BCUT2D eigenvalue weighted by Gasteiger charge is -2.15. The molecule has 0 amide bonds. The summed E-state index contributed by atoms with van der Waals surface area (Å²) in [5, 5.41) is 17.8. The summed E-state index contributed by atoms with van der Waals surface area (Å²) in [5.41, 5.74) is 0.240. The SMILES string of the molecule is COc1ccc(F)cc1C(CCO)C(=O)O. The number of carboxylic acid groups (broad SMARTS) is 1. The minimum Gasteiger partial charge on any atom is -0.496 e. The Morgan fingerprint density at radius 3 is 2.75 bits per heavy atom. The van der Waals surface area contributed by atoms with Crippen molar-refractivity contribution in [3.8, 4) is 5.75 Å². The fraction of sp³-hybridized carbons (Fsp3) is 0.364. The van der Waals surface area contributed by atoms with Gasteiger partial charge in [0.2, 0.25) is 0 Å². The Labute approximate surface area is 92.3 Å². The third-order valence-corrected chi connectivity index (χ3v) is 2.28. The van der Waals surface area contributed by atoms with Crippen LogP contribution in [-0.4, -0.2) is 29.9 Å². The van der Waals surface area contributed by atoms with Gasteiger partial charge in [-0.3, -0.25) is 4.79 Å². The second kappa shape index (κ2) is 5.46. The average Bonchev–Trinajstić information content (AvgIpc) is 2.25. The maximum atomic E-state index is 13.0. The summed E-state index contributed by atoms with van der Waals surface area (Å²) >= 11 is 0. The zero-order valence-electron chi connectivity index (χ0n) is 8.81. The van der Waals surface area contributed by atoms with E-state index in [9.17, 15) is 9.18 Å². The van der Waals surface area contributed by atoms with Gasteiger partial charge in [0.05, 0.1) is 13.0 Å². The highest BCUT2D eigenvalue weighted by Crippen LogP contribution is 2.29. The largest absolute Gasteiger partial charge is 0.496 e. The van der Waals surface area contributed by atoms with E-state index in [1.54, 1.807) is 0 Å². The standard InChI is InChI=1S/C11H13FO4/c1-16-10-3-2-7(12)6-9(10)8(4-5-13)11(14)15/h2-3,6,8,13H,4-5H2,1H3,(H,14,15). The maximum absolute atomic E-state index is 13.0.